The molecule has 0 N–H and O–H groups in total. The van der Waals surface area contributed by atoms with E-state index in [0.717, 1.165) is 32.1 Å². The summed E-state index contributed by atoms with van der Waals surface area (Å²) in [4.78, 5) is 12.8. The topological polar surface area (TPSA) is 66.4 Å². The maximum absolute atomic E-state index is 15.1. The highest BCUT2D eigenvalue weighted by atomic mass is 32.2. The Balaban J connectivity index is 1.55. The lowest BCUT2D eigenvalue weighted by molar-refractivity contribution is -0.198. The van der Waals surface area contributed by atoms with Gasteiger partial charge in [0.1, 0.15) is 0 Å². The summed E-state index contributed by atoms with van der Waals surface area (Å²) in [5.74, 6) is 0.306. The molecule has 6 heteroatoms. The second-order valence-corrected chi connectivity index (χ2v) is 9.41. The van der Waals surface area contributed by atoms with Crippen molar-refractivity contribution in [2.24, 2.45) is 29.1 Å². The van der Waals surface area contributed by atoms with Crippen molar-refractivity contribution in [3.8, 4) is 0 Å². The van der Waals surface area contributed by atoms with Crippen molar-refractivity contribution in [2.75, 3.05) is 0 Å². The van der Waals surface area contributed by atoms with Crippen LogP contribution in [-0.2, 0) is 20.6 Å². The third-order valence-corrected chi connectivity index (χ3v) is 7.64. The van der Waals surface area contributed by atoms with E-state index in [0.29, 0.717) is 30.6 Å². The predicted octanol–water partition coefficient (Wildman–Crippen LogP) is 3.44. The molecule has 0 aromatic rings. The Bertz CT molecular complexity index is 495. The van der Waals surface area contributed by atoms with Crippen LogP contribution in [0.25, 0.3) is 0 Å². The zero-order valence-corrected chi connectivity index (χ0v) is 14.1. The molecule has 4 bridgehead atoms. The molecule has 5 fully saturated rings. The first-order chi connectivity index (χ1) is 10.9. The van der Waals surface area contributed by atoms with Crippen molar-refractivity contribution >= 4 is 17.0 Å². The Morgan fingerprint density at radius 2 is 1.57 bits per heavy atom. The zero-order chi connectivity index (χ0) is 16.2. The third-order valence-electron chi connectivity index (χ3n) is 6.77. The molecule has 4 nitrogen and oxygen atoms in total. The summed E-state index contributed by atoms with van der Waals surface area (Å²) < 4.78 is 43.3. The van der Waals surface area contributed by atoms with Gasteiger partial charge in [-0.05, 0) is 69.1 Å². The van der Waals surface area contributed by atoms with Gasteiger partial charge < -0.3 is 9.29 Å². The number of alkyl halides is 1. The molecule has 2 unspecified atom stereocenters. The average Bonchev–Trinajstić information content (AvgIpc) is 3.00. The molecule has 5 aliphatic carbocycles. The van der Waals surface area contributed by atoms with Gasteiger partial charge in [0.2, 0.25) is 0 Å². The van der Waals surface area contributed by atoms with Crippen LogP contribution in [0.2, 0.25) is 0 Å². The minimum absolute atomic E-state index is 0.471. The Labute approximate surface area is 138 Å². The smallest absolute Gasteiger partial charge is 0.317 e. The van der Waals surface area contributed by atoms with E-state index in [-0.39, 0.29) is 0 Å². The quantitative estimate of drug-likeness (QED) is 0.579. The van der Waals surface area contributed by atoms with Crippen LogP contribution in [0.1, 0.15) is 64.2 Å². The van der Waals surface area contributed by atoms with Crippen molar-refractivity contribution in [3.63, 3.8) is 0 Å². The molecule has 0 spiro atoms. The third kappa shape index (κ3) is 2.56. The van der Waals surface area contributed by atoms with E-state index in [1.54, 1.807) is 0 Å². The highest BCUT2D eigenvalue weighted by molar-refractivity contribution is 7.80. The fraction of sp³-hybridized carbons (Fsp3) is 0.941. The van der Waals surface area contributed by atoms with E-state index < -0.39 is 33.6 Å². The molecule has 0 aromatic carbocycles. The summed E-state index contributed by atoms with van der Waals surface area (Å²) in [6, 6.07) is 0. The van der Waals surface area contributed by atoms with Crippen LogP contribution in [0.3, 0.4) is 0 Å². The van der Waals surface area contributed by atoms with Crippen molar-refractivity contribution in [2.45, 2.75) is 69.4 Å². The molecule has 0 amide bonds. The first-order valence-electron chi connectivity index (χ1n) is 8.93. The average molecular weight is 343 g/mol. The molecule has 5 aliphatic rings. The largest absolute Gasteiger partial charge is 0.767 e. The number of carbonyl (C=O) groups excluding carboxylic acids is 1. The Hall–Kier alpha value is -0.490. The summed E-state index contributed by atoms with van der Waals surface area (Å²) in [5.41, 5.74) is -0.621. The van der Waals surface area contributed by atoms with Gasteiger partial charge in [0.05, 0.1) is 5.41 Å². The first-order valence-corrected chi connectivity index (χ1v) is 10.0. The monoisotopic (exact) mass is 343 g/mol. The molecule has 130 valence electrons. The van der Waals surface area contributed by atoms with Gasteiger partial charge in [0.15, 0.2) is 0 Å². The number of hydrogen-bond acceptors (Lipinski definition) is 4. The standard InChI is InChI=1S/C17H25FO4S/c18-17(23(20)21,14-3-1-2-4-14)22-15(19)16-8-11-5-12(9-16)7-13(6-11)10-16/h11-14H,1-10H2,(H,20,21)/p-1. The van der Waals surface area contributed by atoms with E-state index >= 15 is 4.39 Å². The van der Waals surface area contributed by atoms with Crippen molar-refractivity contribution in [1.82, 2.24) is 0 Å². The van der Waals surface area contributed by atoms with Crippen LogP contribution in [0.15, 0.2) is 0 Å². The molecule has 0 radical (unpaired) electrons. The summed E-state index contributed by atoms with van der Waals surface area (Å²) in [6.07, 6.45) is 8.30. The SMILES string of the molecule is O=C(OC(F)(C1CCCC1)S(=O)[O-])C12CC3CC(CC(C3)C1)C2. The zero-order valence-electron chi connectivity index (χ0n) is 13.3. The maximum Gasteiger partial charge on any atom is 0.317 e. The fourth-order valence-electron chi connectivity index (χ4n) is 6.12. The number of hydrogen-bond donors (Lipinski definition) is 0. The van der Waals surface area contributed by atoms with Gasteiger partial charge in [0, 0.05) is 17.0 Å². The van der Waals surface area contributed by atoms with Crippen LogP contribution < -0.4 is 0 Å². The predicted molar refractivity (Wildman–Crippen MR) is 81.4 cm³/mol. The molecule has 0 aliphatic heterocycles. The van der Waals surface area contributed by atoms with Gasteiger partial charge in [-0.25, -0.2) is 0 Å². The number of halogens is 1. The van der Waals surface area contributed by atoms with E-state index in [1.165, 1.54) is 19.3 Å². The van der Waals surface area contributed by atoms with Gasteiger partial charge >= 0.3 is 11.2 Å². The number of rotatable bonds is 4. The summed E-state index contributed by atoms with van der Waals surface area (Å²) in [6.45, 7) is 0. The highest BCUT2D eigenvalue weighted by Gasteiger charge is 2.58. The molecule has 23 heavy (non-hydrogen) atoms. The number of esters is 1. The van der Waals surface area contributed by atoms with Crippen LogP contribution in [0.4, 0.5) is 4.39 Å². The van der Waals surface area contributed by atoms with Crippen molar-refractivity contribution in [1.29, 1.82) is 0 Å². The number of carbonyl (C=O) groups is 1. The van der Waals surface area contributed by atoms with Gasteiger partial charge in [-0.3, -0.25) is 9.00 Å². The van der Waals surface area contributed by atoms with Crippen LogP contribution in [0.5, 0.6) is 0 Å². The van der Waals surface area contributed by atoms with E-state index in [4.69, 9.17) is 4.74 Å². The summed E-state index contributed by atoms with van der Waals surface area (Å²) >= 11 is -3.05. The summed E-state index contributed by atoms with van der Waals surface area (Å²) in [7, 11) is 0. The lowest BCUT2D eigenvalue weighted by atomic mass is 9.49. The highest BCUT2D eigenvalue weighted by Crippen LogP contribution is 2.61. The Morgan fingerprint density at radius 3 is 2.00 bits per heavy atom. The molecule has 5 rings (SSSR count). The Kier molecular flexibility index (Phi) is 3.84. The molecule has 5 saturated carbocycles. The molecular weight excluding hydrogens is 319 g/mol. The van der Waals surface area contributed by atoms with E-state index in [9.17, 15) is 13.6 Å². The summed E-state index contributed by atoms with van der Waals surface area (Å²) in [5, 5.41) is -2.84. The van der Waals surface area contributed by atoms with Crippen LogP contribution >= 0.6 is 0 Å². The molecule has 0 saturated heterocycles. The van der Waals surface area contributed by atoms with Gasteiger partial charge in [-0.15, -0.1) is 0 Å². The van der Waals surface area contributed by atoms with E-state index in [1.807, 2.05) is 0 Å². The van der Waals surface area contributed by atoms with Crippen molar-refractivity contribution in [3.05, 3.63) is 0 Å². The number of ether oxygens (including phenoxy) is 1. The Morgan fingerprint density at radius 1 is 1.09 bits per heavy atom. The fourth-order valence-corrected chi connectivity index (χ4v) is 6.77. The molecule has 0 aromatic heterocycles. The molecular formula is C17H24FO4S-. The van der Waals surface area contributed by atoms with Gasteiger partial charge in [-0.2, -0.15) is 4.39 Å². The first kappa shape index (κ1) is 16.0. The second-order valence-electron chi connectivity index (χ2n) is 8.39. The van der Waals surface area contributed by atoms with Crippen molar-refractivity contribution < 1.29 is 22.7 Å². The van der Waals surface area contributed by atoms with Gasteiger partial charge in [0.25, 0.3) is 0 Å². The van der Waals surface area contributed by atoms with Gasteiger partial charge in [-0.1, -0.05) is 12.8 Å². The molecule has 2 atom stereocenters. The van der Waals surface area contributed by atoms with E-state index in [2.05, 4.69) is 0 Å². The lowest BCUT2D eigenvalue weighted by Crippen LogP contribution is -2.53. The minimum atomic E-state index is -3.05. The normalized spacial score (nSPS) is 43.3. The van der Waals surface area contributed by atoms with Crippen LogP contribution in [-0.4, -0.2) is 19.9 Å². The maximum atomic E-state index is 15.1. The van der Waals surface area contributed by atoms with Crippen LogP contribution in [0, 0.1) is 29.1 Å². The molecule has 0 heterocycles. The minimum Gasteiger partial charge on any atom is -0.767 e. The lowest BCUT2D eigenvalue weighted by Gasteiger charge is -2.55. The second kappa shape index (κ2) is 5.51.